The first-order valence-corrected chi connectivity index (χ1v) is 3.34. The lowest BCUT2D eigenvalue weighted by Gasteiger charge is -2.03. The molecule has 0 atom stereocenters. The molecule has 0 radical (unpaired) electrons. The van der Waals surface area contributed by atoms with E-state index < -0.39 is 0 Å². The number of rotatable bonds is 5. The highest BCUT2D eigenvalue weighted by Crippen LogP contribution is 1.76. The molecular weight excluding hydrogens is 150 g/mol. The van der Waals surface area contributed by atoms with Crippen molar-refractivity contribution in [3.63, 3.8) is 0 Å². The van der Waals surface area contributed by atoms with Crippen LogP contribution in [-0.4, -0.2) is 25.0 Å². The number of amides is 1. The maximum absolute atomic E-state index is 9.73. The molecule has 58 valence electrons. The minimum Gasteiger partial charge on any atom is -0.319 e. The second-order valence-corrected chi connectivity index (χ2v) is 2.16. The van der Waals surface area contributed by atoms with E-state index in [0.717, 1.165) is 13.0 Å². The lowest BCUT2D eigenvalue weighted by Crippen LogP contribution is -2.36. The molecule has 10 heavy (non-hydrogen) atoms. The van der Waals surface area contributed by atoms with Crippen molar-refractivity contribution < 1.29 is 4.79 Å². The summed E-state index contributed by atoms with van der Waals surface area (Å²) in [5.41, 5.74) is 4.80. The van der Waals surface area contributed by atoms with Crippen LogP contribution in [0.25, 0.3) is 0 Å². The number of carbonyl (C=O) groups is 1. The van der Waals surface area contributed by atoms with Crippen molar-refractivity contribution in [1.82, 2.24) is 16.2 Å². The highest BCUT2D eigenvalue weighted by atomic mass is 32.1. The molecule has 0 aliphatic heterocycles. The van der Waals surface area contributed by atoms with Crippen LogP contribution in [0.15, 0.2) is 0 Å². The van der Waals surface area contributed by atoms with E-state index in [0.29, 0.717) is 11.4 Å². The number of hydrogen-bond donors (Lipinski definition) is 3. The van der Waals surface area contributed by atoms with Gasteiger partial charge < -0.3 is 5.32 Å². The van der Waals surface area contributed by atoms with Crippen molar-refractivity contribution in [3.05, 3.63) is 0 Å². The highest BCUT2D eigenvalue weighted by Gasteiger charge is 1.90. The first kappa shape index (κ1) is 9.32. The maximum Gasteiger partial charge on any atom is 0.225 e. The molecule has 0 saturated heterocycles. The smallest absolute Gasteiger partial charge is 0.225 e. The molecule has 5 heteroatoms. The van der Waals surface area contributed by atoms with Gasteiger partial charge in [0.15, 0.2) is 0 Å². The zero-order chi connectivity index (χ0) is 7.82. The molecule has 0 aromatic carbocycles. The molecule has 0 aromatic rings. The molecule has 4 nitrogen and oxygen atoms in total. The van der Waals surface area contributed by atoms with Gasteiger partial charge in [-0.25, -0.2) is 0 Å². The number of hydrogen-bond acceptors (Lipinski definition) is 3. The van der Waals surface area contributed by atoms with E-state index in [1.807, 2.05) is 7.05 Å². The van der Waals surface area contributed by atoms with Crippen molar-refractivity contribution in [2.75, 3.05) is 13.6 Å². The summed E-state index contributed by atoms with van der Waals surface area (Å²) in [6.07, 6.45) is 1.28. The highest BCUT2D eigenvalue weighted by molar-refractivity contribution is 7.80. The van der Waals surface area contributed by atoms with Crippen LogP contribution >= 0.6 is 12.2 Å². The van der Waals surface area contributed by atoms with Crippen LogP contribution in [0.1, 0.15) is 6.42 Å². The lowest BCUT2D eigenvalue weighted by atomic mass is 10.4. The Morgan fingerprint density at radius 3 is 2.90 bits per heavy atom. The van der Waals surface area contributed by atoms with Crippen LogP contribution < -0.4 is 16.2 Å². The zero-order valence-corrected chi connectivity index (χ0v) is 6.62. The zero-order valence-electron chi connectivity index (χ0n) is 5.81. The summed E-state index contributed by atoms with van der Waals surface area (Å²) < 4.78 is 0. The van der Waals surface area contributed by atoms with Gasteiger partial charge in [-0.2, -0.15) is 0 Å². The standard InChI is InChI=1S/C5H11N3OS/c1-6-3-2-5(10)8-7-4-9/h4,6H,2-3H2,1H3,(H,7,9)(H,8,10). The van der Waals surface area contributed by atoms with Crippen molar-refractivity contribution in [3.8, 4) is 0 Å². The van der Waals surface area contributed by atoms with Crippen molar-refractivity contribution in [1.29, 1.82) is 0 Å². The van der Waals surface area contributed by atoms with Crippen LogP contribution in [0, 0.1) is 0 Å². The van der Waals surface area contributed by atoms with Crippen LogP contribution in [-0.2, 0) is 4.79 Å². The summed E-state index contributed by atoms with van der Waals surface area (Å²) in [6, 6.07) is 0. The summed E-state index contributed by atoms with van der Waals surface area (Å²) >= 11 is 4.81. The van der Waals surface area contributed by atoms with Crippen molar-refractivity contribution in [2.24, 2.45) is 0 Å². The van der Waals surface area contributed by atoms with Crippen molar-refractivity contribution in [2.45, 2.75) is 6.42 Å². The number of hydrazine groups is 1. The van der Waals surface area contributed by atoms with E-state index in [-0.39, 0.29) is 0 Å². The predicted molar refractivity (Wildman–Crippen MR) is 43.5 cm³/mol. The van der Waals surface area contributed by atoms with E-state index in [1.54, 1.807) is 0 Å². The molecule has 3 N–H and O–H groups in total. The average Bonchev–Trinajstić information content (AvgIpc) is 1.97. The SMILES string of the molecule is CNCCC(=S)NNC=O. The van der Waals surface area contributed by atoms with Gasteiger partial charge in [0, 0.05) is 13.0 Å². The third kappa shape index (κ3) is 5.46. The summed E-state index contributed by atoms with van der Waals surface area (Å²) in [6.45, 7) is 0.812. The Kier molecular flexibility index (Phi) is 6.00. The normalized spacial score (nSPS) is 8.50. The minimum absolute atomic E-state index is 0.547. The molecule has 1 amide bonds. The maximum atomic E-state index is 9.73. The fourth-order valence-corrected chi connectivity index (χ4v) is 0.572. The Bertz CT molecular complexity index is 117. The van der Waals surface area contributed by atoms with Gasteiger partial charge in [0.05, 0.1) is 4.99 Å². The molecule has 0 fully saturated rings. The molecule has 0 aliphatic rings. The van der Waals surface area contributed by atoms with Crippen LogP contribution in [0.4, 0.5) is 0 Å². The van der Waals surface area contributed by atoms with Gasteiger partial charge in [0.25, 0.3) is 0 Å². The fraction of sp³-hybridized carbons (Fsp3) is 0.600. The summed E-state index contributed by atoms with van der Waals surface area (Å²) in [5.74, 6) is 0. The molecule has 0 aromatic heterocycles. The fourth-order valence-electron chi connectivity index (χ4n) is 0.411. The van der Waals surface area contributed by atoms with Crippen molar-refractivity contribution >= 4 is 23.6 Å². The van der Waals surface area contributed by atoms with Crippen LogP contribution in [0.2, 0.25) is 0 Å². The number of carbonyl (C=O) groups excluding carboxylic acids is 1. The monoisotopic (exact) mass is 161 g/mol. The third-order valence-corrected chi connectivity index (χ3v) is 1.18. The van der Waals surface area contributed by atoms with Gasteiger partial charge in [-0.1, -0.05) is 12.2 Å². The first-order chi connectivity index (χ1) is 4.81. The van der Waals surface area contributed by atoms with E-state index in [9.17, 15) is 4.79 Å². The number of nitrogens with one attached hydrogen (secondary N) is 3. The van der Waals surface area contributed by atoms with Gasteiger partial charge in [0.2, 0.25) is 6.41 Å². The van der Waals surface area contributed by atoms with Gasteiger partial charge in [-0.05, 0) is 7.05 Å². The summed E-state index contributed by atoms with van der Waals surface area (Å²) in [7, 11) is 1.84. The lowest BCUT2D eigenvalue weighted by molar-refractivity contribution is -0.110. The predicted octanol–water partition coefficient (Wildman–Crippen LogP) is -0.826. The van der Waals surface area contributed by atoms with Gasteiger partial charge in [-0.15, -0.1) is 0 Å². The number of thiocarbonyl (C=S) groups is 1. The van der Waals surface area contributed by atoms with Gasteiger partial charge in [0.1, 0.15) is 0 Å². The Hall–Kier alpha value is -0.680. The molecule has 0 bridgehead atoms. The largest absolute Gasteiger partial charge is 0.319 e. The van der Waals surface area contributed by atoms with E-state index in [2.05, 4.69) is 16.2 Å². The average molecular weight is 161 g/mol. The second-order valence-electron chi connectivity index (χ2n) is 1.66. The quantitative estimate of drug-likeness (QED) is 0.280. The summed E-state index contributed by atoms with van der Waals surface area (Å²) in [5, 5.41) is 2.93. The Labute approximate surface area is 65.3 Å². The molecule has 0 saturated carbocycles. The van der Waals surface area contributed by atoms with Gasteiger partial charge in [-0.3, -0.25) is 15.6 Å². The summed E-state index contributed by atoms with van der Waals surface area (Å²) in [4.78, 5) is 10.4. The van der Waals surface area contributed by atoms with E-state index in [4.69, 9.17) is 12.2 Å². The minimum atomic E-state index is 0.547. The Morgan fingerprint density at radius 1 is 1.70 bits per heavy atom. The molecule has 0 heterocycles. The van der Waals surface area contributed by atoms with Crippen LogP contribution in [0.5, 0.6) is 0 Å². The van der Waals surface area contributed by atoms with E-state index >= 15 is 0 Å². The topological polar surface area (TPSA) is 53.2 Å². The second kappa shape index (κ2) is 6.44. The third-order valence-electron chi connectivity index (χ3n) is 0.873. The molecular formula is C5H11N3OS. The van der Waals surface area contributed by atoms with E-state index in [1.165, 1.54) is 0 Å². The van der Waals surface area contributed by atoms with Crippen LogP contribution in [0.3, 0.4) is 0 Å². The Morgan fingerprint density at radius 2 is 2.40 bits per heavy atom. The molecule has 0 spiro atoms. The molecule has 0 aliphatic carbocycles. The molecule has 0 unspecified atom stereocenters. The molecule has 0 rings (SSSR count). The first-order valence-electron chi connectivity index (χ1n) is 2.94. The van der Waals surface area contributed by atoms with Gasteiger partial charge >= 0.3 is 0 Å². The Balaban J connectivity index is 3.16.